The van der Waals surface area contributed by atoms with E-state index in [1.807, 2.05) is 51.2 Å². The van der Waals surface area contributed by atoms with Crippen molar-refractivity contribution in [1.82, 2.24) is 25.1 Å². The first-order valence-electron chi connectivity index (χ1n) is 11.4. The number of rotatable bonds is 8. The van der Waals surface area contributed by atoms with Gasteiger partial charge in [-0.05, 0) is 50.1 Å². The van der Waals surface area contributed by atoms with Crippen molar-refractivity contribution in [2.75, 3.05) is 0 Å². The molecular formula is C26H26ClF2N5O2. The standard InChI is InChI=1S/C26H26ClF2N5O2/c1-14-8-18(16(3)33-24(35)11-23(28)29)20(21(27)9-14)12-36-22-7-5-6-17-19(10-15(2)32-25(17)22)26-30-13-31-34(26)4/h5-10,13,16,23H,11-12H2,1-4H3,(H,33,35)/t16-/m0/s1. The van der Waals surface area contributed by atoms with Crippen LogP contribution in [-0.4, -0.2) is 32.1 Å². The van der Waals surface area contributed by atoms with Crippen molar-refractivity contribution in [3.8, 4) is 17.1 Å². The number of pyridine rings is 1. The summed E-state index contributed by atoms with van der Waals surface area (Å²) >= 11 is 6.57. The molecule has 0 radical (unpaired) electrons. The number of benzene rings is 2. The van der Waals surface area contributed by atoms with Crippen molar-refractivity contribution < 1.29 is 18.3 Å². The average Bonchev–Trinajstić information content (AvgIpc) is 3.22. The summed E-state index contributed by atoms with van der Waals surface area (Å²) in [6.07, 6.45) is -2.07. The number of nitrogens with zero attached hydrogens (tertiary/aromatic N) is 4. The van der Waals surface area contributed by atoms with Crippen LogP contribution in [-0.2, 0) is 18.4 Å². The number of aryl methyl sites for hydroxylation is 3. The molecule has 0 aliphatic heterocycles. The van der Waals surface area contributed by atoms with Gasteiger partial charge in [-0.25, -0.2) is 23.4 Å². The van der Waals surface area contributed by atoms with Crippen LogP contribution in [0.5, 0.6) is 5.75 Å². The number of halogens is 3. The van der Waals surface area contributed by atoms with E-state index >= 15 is 0 Å². The second-order valence-corrected chi connectivity index (χ2v) is 9.07. The molecule has 1 amide bonds. The van der Waals surface area contributed by atoms with Gasteiger partial charge in [0, 0.05) is 34.3 Å². The number of carbonyl (C=O) groups is 1. The third-order valence-corrected chi connectivity index (χ3v) is 6.15. The fourth-order valence-corrected chi connectivity index (χ4v) is 4.53. The molecule has 0 spiro atoms. The Morgan fingerprint density at radius 2 is 2.00 bits per heavy atom. The summed E-state index contributed by atoms with van der Waals surface area (Å²) in [5.41, 5.74) is 4.58. The second-order valence-electron chi connectivity index (χ2n) is 8.66. The van der Waals surface area contributed by atoms with Gasteiger partial charge >= 0.3 is 0 Å². The fourth-order valence-electron chi connectivity index (χ4n) is 4.20. The van der Waals surface area contributed by atoms with Crippen LogP contribution >= 0.6 is 11.6 Å². The maximum absolute atomic E-state index is 12.6. The third-order valence-electron chi connectivity index (χ3n) is 5.81. The highest BCUT2D eigenvalue weighted by atomic mass is 35.5. The number of aromatic nitrogens is 4. The predicted octanol–water partition coefficient (Wildman–Crippen LogP) is 5.71. The molecule has 4 rings (SSSR count). The zero-order valence-corrected chi connectivity index (χ0v) is 21.1. The number of hydrogen-bond donors (Lipinski definition) is 1. The predicted molar refractivity (Wildman–Crippen MR) is 134 cm³/mol. The number of hydrogen-bond acceptors (Lipinski definition) is 5. The molecule has 1 atom stereocenters. The molecule has 0 unspecified atom stereocenters. The number of alkyl halides is 2. The van der Waals surface area contributed by atoms with Gasteiger partial charge in [0.05, 0.1) is 12.5 Å². The molecule has 188 valence electrons. The van der Waals surface area contributed by atoms with Crippen molar-refractivity contribution >= 4 is 28.4 Å². The lowest BCUT2D eigenvalue weighted by Crippen LogP contribution is -2.29. The Balaban J connectivity index is 1.68. The minimum Gasteiger partial charge on any atom is -0.487 e. The van der Waals surface area contributed by atoms with Gasteiger partial charge in [-0.15, -0.1) is 0 Å². The van der Waals surface area contributed by atoms with Gasteiger partial charge in [0.25, 0.3) is 0 Å². The molecule has 36 heavy (non-hydrogen) atoms. The minimum atomic E-state index is -2.71. The monoisotopic (exact) mass is 513 g/mol. The van der Waals surface area contributed by atoms with E-state index < -0.39 is 24.8 Å². The largest absolute Gasteiger partial charge is 0.487 e. The Bertz CT molecular complexity index is 1420. The molecule has 0 aliphatic carbocycles. The van der Waals surface area contributed by atoms with Crippen LogP contribution in [0.1, 0.15) is 41.8 Å². The summed E-state index contributed by atoms with van der Waals surface area (Å²) in [4.78, 5) is 21.0. The first-order chi connectivity index (χ1) is 17.1. The Hall–Kier alpha value is -3.59. The lowest BCUT2D eigenvalue weighted by atomic mass is 9.99. The van der Waals surface area contributed by atoms with Crippen LogP contribution in [0.2, 0.25) is 5.02 Å². The van der Waals surface area contributed by atoms with E-state index in [-0.39, 0.29) is 6.61 Å². The number of para-hydroxylation sites is 1. The van der Waals surface area contributed by atoms with E-state index in [1.165, 1.54) is 6.33 Å². The summed E-state index contributed by atoms with van der Waals surface area (Å²) < 4.78 is 33.2. The molecule has 2 aromatic carbocycles. The number of nitrogens with one attached hydrogen (secondary N) is 1. The van der Waals surface area contributed by atoms with E-state index in [9.17, 15) is 13.6 Å². The van der Waals surface area contributed by atoms with Crippen LogP contribution in [0.25, 0.3) is 22.3 Å². The highest BCUT2D eigenvalue weighted by Crippen LogP contribution is 2.34. The van der Waals surface area contributed by atoms with Gasteiger partial charge in [-0.1, -0.05) is 29.8 Å². The summed E-state index contributed by atoms with van der Waals surface area (Å²) in [6, 6.07) is 10.7. The van der Waals surface area contributed by atoms with Crippen molar-refractivity contribution in [3.63, 3.8) is 0 Å². The molecule has 10 heteroatoms. The first-order valence-corrected chi connectivity index (χ1v) is 11.8. The summed E-state index contributed by atoms with van der Waals surface area (Å²) in [5, 5.41) is 8.12. The van der Waals surface area contributed by atoms with Crippen molar-refractivity contribution in [3.05, 3.63) is 70.1 Å². The molecule has 1 N–H and O–H groups in total. The van der Waals surface area contributed by atoms with E-state index in [0.717, 1.165) is 22.2 Å². The van der Waals surface area contributed by atoms with Gasteiger partial charge in [-0.3, -0.25) is 4.79 Å². The lowest BCUT2D eigenvalue weighted by Gasteiger charge is -2.21. The first kappa shape index (κ1) is 25.5. The SMILES string of the molecule is Cc1cc(Cl)c(COc2cccc3c(-c4ncnn4C)cc(C)nc23)c([C@H](C)NC(=O)CC(F)F)c1. The molecular weight excluding hydrogens is 488 g/mol. The Morgan fingerprint density at radius 1 is 1.22 bits per heavy atom. The number of carbonyl (C=O) groups excluding carboxylic acids is 1. The third kappa shape index (κ3) is 5.46. The second kappa shape index (κ2) is 10.6. The number of amides is 1. The maximum Gasteiger partial charge on any atom is 0.247 e. The maximum atomic E-state index is 12.6. The highest BCUT2D eigenvalue weighted by molar-refractivity contribution is 6.31. The smallest absolute Gasteiger partial charge is 0.247 e. The van der Waals surface area contributed by atoms with Gasteiger partial charge < -0.3 is 10.1 Å². The molecule has 2 heterocycles. The van der Waals surface area contributed by atoms with Crippen LogP contribution in [0, 0.1) is 13.8 Å². The van der Waals surface area contributed by atoms with E-state index in [2.05, 4.69) is 15.4 Å². The Labute approximate surface area is 212 Å². The van der Waals surface area contributed by atoms with E-state index in [4.69, 9.17) is 21.3 Å². The number of ether oxygens (including phenoxy) is 1. The van der Waals surface area contributed by atoms with Gasteiger partial charge in [0.15, 0.2) is 5.82 Å². The molecule has 0 saturated carbocycles. The van der Waals surface area contributed by atoms with Crippen LogP contribution in [0.15, 0.2) is 42.7 Å². The van der Waals surface area contributed by atoms with E-state index in [0.29, 0.717) is 33.2 Å². The molecule has 0 aliphatic rings. The van der Waals surface area contributed by atoms with Crippen LogP contribution in [0.4, 0.5) is 8.78 Å². The summed E-state index contributed by atoms with van der Waals surface area (Å²) in [7, 11) is 1.83. The van der Waals surface area contributed by atoms with Gasteiger partial charge in [0.2, 0.25) is 12.3 Å². The highest BCUT2D eigenvalue weighted by Gasteiger charge is 2.20. The normalized spacial score (nSPS) is 12.2. The average molecular weight is 514 g/mol. The van der Waals surface area contributed by atoms with Gasteiger partial charge in [0.1, 0.15) is 24.2 Å². The molecule has 0 saturated heterocycles. The summed E-state index contributed by atoms with van der Waals surface area (Å²) in [6.45, 7) is 5.60. The zero-order valence-electron chi connectivity index (χ0n) is 20.3. The summed E-state index contributed by atoms with van der Waals surface area (Å²) in [5.74, 6) is 0.531. The molecule has 4 aromatic rings. The fraction of sp³-hybridized carbons (Fsp3) is 0.308. The number of fused-ring (bicyclic) bond motifs is 1. The topological polar surface area (TPSA) is 81.9 Å². The minimum absolute atomic E-state index is 0.0948. The molecule has 0 bridgehead atoms. The zero-order chi connectivity index (χ0) is 26.0. The van der Waals surface area contributed by atoms with Gasteiger partial charge in [-0.2, -0.15) is 5.10 Å². The molecule has 2 aromatic heterocycles. The quantitative estimate of drug-likeness (QED) is 0.326. The molecule has 7 nitrogen and oxygen atoms in total. The Kier molecular flexibility index (Phi) is 7.49. The van der Waals surface area contributed by atoms with Crippen LogP contribution < -0.4 is 10.1 Å². The van der Waals surface area contributed by atoms with Crippen molar-refractivity contribution in [1.29, 1.82) is 0 Å². The van der Waals surface area contributed by atoms with E-state index in [1.54, 1.807) is 17.7 Å². The lowest BCUT2D eigenvalue weighted by molar-refractivity contribution is -0.124. The Morgan fingerprint density at radius 3 is 2.69 bits per heavy atom. The van der Waals surface area contributed by atoms with Crippen molar-refractivity contribution in [2.24, 2.45) is 7.05 Å². The van der Waals surface area contributed by atoms with Crippen LogP contribution in [0.3, 0.4) is 0 Å². The van der Waals surface area contributed by atoms with Crippen molar-refractivity contribution in [2.45, 2.75) is 46.3 Å². The molecule has 0 fully saturated rings.